The van der Waals surface area contributed by atoms with Gasteiger partial charge in [-0.3, -0.25) is 0 Å². The SMILES string of the molecule is CCOC(=O)c1csc(Nc2ccc(C#N)c(Br)c2)n1. The lowest BCUT2D eigenvalue weighted by Gasteiger charge is -2.03. The van der Waals surface area contributed by atoms with Gasteiger partial charge in [0.15, 0.2) is 10.8 Å². The van der Waals surface area contributed by atoms with Crippen LogP contribution >= 0.6 is 27.3 Å². The minimum Gasteiger partial charge on any atom is -0.461 e. The predicted octanol–water partition coefficient (Wildman–Crippen LogP) is 3.70. The Morgan fingerprint density at radius 1 is 1.60 bits per heavy atom. The monoisotopic (exact) mass is 351 g/mol. The summed E-state index contributed by atoms with van der Waals surface area (Å²) in [6, 6.07) is 7.33. The first kappa shape index (κ1) is 14.5. The molecule has 0 aliphatic carbocycles. The van der Waals surface area contributed by atoms with E-state index in [0.717, 1.165) is 5.69 Å². The highest BCUT2D eigenvalue weighted by Crippen LogP contribution is 2.25. The number of ether oxygens (including phenoxy) is 1. The Balaban J connectivity index is 2.13. The minimum absolute atomic E-state index is 0.284. The van der Waals surface area contributed by atoms with E-state index in [4.69, 9.17) is 10.00 Å². The molecule has 1 heterocycles. The lowest BCUT2D eigenvalue weighted by Crippen LogP contribution is -2.05. The molecule has 0 radical (unpaired) electrons. The zero-order valence-electron chi connectivity index (χ0n) is 10.5. The first-order valence-corrected chi connectivity index (χ1v) is 7.40. The largest absolute Gasteiger partial charge is 0.461 e. The number of nitrogens with one attached hydrogen (secondary N) is 1. The normalized spacial score (nSPS) is 9.85. The molecule has 20 heavy (non-hydrogen) atoms. The van der Waals surface area contributed by atoms with E-state index in [-0.39, 0.29) is 5.69 Å². The first-order valence-electron chi connectivity index (χ1n) is 5.73. The zero-order chi connectivity index (χ0) is 14.5. The van der Waals surface area contributed by atoms with E-state index < -0.39 is 5.97 Å². The van der Waals surface area contributed by atoms with Gasteiger partial charge in [-0.15, -0.1) is 11.3 Å². The third kappa shape index (κ3) is 3.35. The van der Waals surface area contributed by atoms with E-state index in [1.807, 2.05) is 0 Å². The summed E-state index contributed by atoms with van der Waals surface area (Å²) in [5.74, 6) is -0.433. The van der Waals surface area contributed by atoms with Crippen LogP contribution in [0.1, 0.15) is 23.0 Å². The molecule has 0 bridgehead atoms. The molecule has 5 nitrogen and oxygen atoms in total. The summed E-state index contributed by atoms with van der Waals surface area (Å²) in [4.78, 5) is 15.6. The molecule has 0 aliphatic rings. The number of aromatic nitrogens is 1. The fourth-order valence-corrected chi connectivity index (χ4v) is 2.60. The number of carbonyl (C=O) groups excluding carboxylic acids is 1. The van der Waals surface area contributed by atoms with Gasteiger partial charge in [0.2, 0.25) is 0 Å². The second-order valence-electron chi connectivity index (χ2n) is 3.69. The number of hydrogen-bond donors (Lipinski definition) is 1. The van der Waals surface area contributed by atoms with Crippen molar-refractivity contribution in [2.75, 3.05) is 11.9 Å². The van der Waals surface area contributed by atoms with Crippen molar-refractivity contribution in [3.8, 4) is 6.07 Å². The molecule has 0 amide bonds. The average molecular weight is 352 g/mol. The molecule has 0 aliphatic heterocycles. The standard InChI is InChI=1S/C13H10BrN3O2S/c1-2-19-12(18)11-7-20-13(17-11)16-9-4-3-8(6-15)10(14)5-9/h3-5,7H,2H2,1H3,(H,16,17). The Kier molecular flexibility index (Phi) is 4.71. The Morgan fingerprint density at radius 2 is 2.40 bits per heavy atom. The Hall–Kier alpha value is -1.91. The summed E-state index contributed by atoms with van der Waals surface area (Å²) in [5.41, 5.74) is 1.62. The van der Waals surface area contributed by atoms with Gasteiger partial charge < -0.3 is 10.1 Å². The summed E-state index contributed by atoms with van der Waals surface area (Å²) in [6.45, 7) is 2.07. The van der Waals surface area contributed by atoms with Crippen LogP contribution in [0.15, 0.2) is 28.1 Å². The smallest absolute Gasteiger partial charge is 0.357 e. The van der Waals surface area contributed by atoms with Crippen LogP contribution in [-0.2, 0) is 4.74 Å². The molecule has 2 rings (SSSR count). The number of halogens is 1. The van der Waals surface area contributed by atoms with Gasteiger partial charge in [-0.1, -0.05) is 0 Å². The van der Waals surface area contributed by atoms with Crippen LogP contribution in [0.5, 0.6) is 0 Å². The molecule has 2 aromatic rings. The fraction of sp³-hybridized carbons (Fsp3) is 0.154. The second kappa shape index (κ2) is 6.50. The van der Waals surface area contributed by atoms with E-state index in [2.05, 4.69) is 32.3 Å². The van der Waals surface area contributed by atoms with Crippen LogP contribution in [0.4, 0.5) is 10.8 Å². The molecule has 0 fully saturated rings. The van der Waals surface area contributed by atoms with Gasteiger partial charge in [-0.05, 0) is 41.1 Å². The maximum atomic E-state index is 11.5. The maximum Gasteiger partial charge on any atom is 0.357 e. The highest BCUT2D eigenvalue weighted by Gasteiger charge is 2.11. The van der Waals surface area contributed by atoms with Crippen molar-refractivity contribution >= 4 is 44.1 Å². The summed E-state index contributed by atoms with van der Waals surface area (Å²) in [7, 11) is 0. The topological polar surface area (TPSA) is 75.0 Å². The van der Waals surface area contributed by atoms with Crippen LogP contribution in [0.25, 0.3) is 0 Å². The van der Waals surface area contributed by atoms with Crippen LogP contribution in [0.2, 0.25) is 0 Å². The van der Waals surface area contributed by atoms with Gasteiger partial charge in [0.1, 0.15) is 6.07 Å². The summed E-state index contributed by atoms with van der Waals surface area (Å²) in [6.07, 6.45) is 0. The number of benzene rings is 1. The van der Waals surface area contributed by atoms with Crippen LogP contribution in [0.3, 0.4) is 0 Å². The summed E-state index contributed by atoms with van der Waals surface area (Å²) in [5, 5.41) is 14.2. The lowest BCUT2D eigenvalue weighted by atomic mass is 10.2. The molecule has 102 valence electrons. The summed E-state index contributed by atoms with van der Waals surface area (Å²) < 4.78 is 5.58. The number of nitriles is 1. The average Bonchev–Trinajstić information content (AvgIpc) is 2.88. The number of anilines is 2. The van der Waals surface area contributed by atoms with Crippen LogP contribution in [0, 0.1) is 11.3 Å². The molecule has 0 saturated heterocycles. The third-order valence-electron chi connectivity index (χ3n) is 2.33. The molecular weight excluding hydrogens is 342 g/mol. The highest BCUT2D eigenvalue weighted by molar-refractivity contribution is 9.10. The van der Waals surface area contributed by atoms with E-state index in [0.29, 0.717) is 21.8 Å². The maximum absolute atomic E-state index is 11.5. The van der Waals surface area contributed by atoms with E-state index in [1.54, 1.807) is 30.5 Å². The number of thiazole rings is 1. The highest BCUT2D eigenvalue weighted by atomic mass is 79.9. The second-order valence-corrected chi connectivity index (χ2v) is 5.40. The van der Waals surface area contributed by atoms with Gasteiger partial charge in [0.25, 0.3) is 0 Å². The van der Waals surface area contributed by atoms with Gasteiger partial charge in [0.05, 0.1) is 12.2 Å². The van der Waals surface area contributed by atoms with Gasteiger partial charge in [0, 0.05) is 15.5 Å². The van der Waals surface area contributed by atoms with E-state index >= 15 is 0 Å². The number of esters is 1. The molecular formula is C13H10BrN3O2S. The Bertz CT molecular complexity index is 678. The van der Waals surface area contributed by atoms with Crippen molar-refractivity contribution in [1.29, 1.82) is 5.26 Å². The van der Waals surface area contributed by atoms with Crippen molar-refractivity contribution < 1.29 is 9.53 Å². The number of hydrogen-bond acceptors (Lipinski definition) is 6. The van der Waals surface area contributed by atoms with Gasteiger partial charge in [-0.2, -0.15) is 5.26 Å². The number of carbonyl (C=O) groups is 1. The quantitative estimate of drug-likeness (QED) is 0.850. The summed E-state index contributed by atoms with van der Waals surface area (Å²) >= 11 is 4.63. The lowest BCUT2D eigenvalue weighted by molar-refractivity contribution is 0.0520. The van der Waals surface area contributed by atoms with Crippen LogP contribution in [-0.4, -0.2) is 17.6 Å². The molecule has 0 unspecified atom stereocenters. The van der Waals surface area contributed by atoms with Crippen molar-refractivity contribution in [3.05, 3.63) is 39.3 Å². The van der Waals surface area contributed by atoms with Crippen molar-refractivity contribution in [2.24, 2.45) is 0 Å². The fourth-order valence-electron chi connectivity index (χ4n) is 1.44. The van der Waals surface area contributed by atoms with E-state index in [1.165, 1.54) is 11.3 Å². The van der Waals surface area contributed by atoms with Crippen LogP contribution < -0.4 is 5.32 Å². The molecule has 1 N–H and O–H groups in total. The molecule has 1 aromatic carbocycles. The Morgan fingerprint density at radius 3 is 3.05 bits per heavy atom. The van der Waals surface area contributed by atoms with Crippen molar-refractivity contribution in [1.82, 2.24) is 4.98 Å². The molecule has 1 aromatic heterocycles. The van der Waals surface area contributed by atoms with Crippen molar-refractivity contribution in [3.63, 3.8) is 0 Å². The predicted molar refractivity (Wildman–Crippen MR) is 80.2 cm³/mol. The van der Waals surface area contributed by atoms with E-state index in [9.17, 15) is 4.79 Å². The Labute approximate surface area is 128 Å². The third-order valence-corrected chi connectivity index (χ3v) is 3.74. The van der Waals surface area contributed by atoms with Gasteiger partial charge in [-0.25, -0.2) is 9.78 Å². The van der Waals surface area contributed by atoms with Crippen molar-refractivity contribution in [2.45, 2.75) is 6.92 Å². The molecule has 7 heteroatoms. The molecule has 0 atom stereocenters. The van der Waals surface area contributed by atoms with Gasteiger partial charge >= 0.3 is 5.97 Å². The molecule has 0 spiro atoms. The molecule has 0 saturated carbocycles. The number of rotatable bonds is 4. The first-order chi connectivity index (χ1) is 9.63. The zero-order valence-corrected chi connectivity index (χ0v) is 12.9. The minimum atomic E-state index is -0.433. The number of nitrogens with zero attached hydrogens (tertiary/aromatic N) is 2.